The predicted octanol–water partition coefficient (Wildman–Crippen LogP) is 0.458. The molecule has 0 atom stereocenters. The molecule has 0 unspecified atom stereocenters. The lowest BCUT2D eigenvalue weighted by Gasteiger charge is -1.96. The first-order valence-electron chi connectivity index (χ1n) is 2.86. The fourth-order valence-corrected chi connectivity index (χ4v) is 0.414. The van der Waals surface area contributed by atoms with Crippen LogP contribution in [0.1, 0.15) is 13.3 Å². The molecule has 0 aliphatic carbocycles. The lowest BCUT2D eigenvalue weighted by Crippen LogP contribution is -2.11. The van der Waals surface area contributed by atoms with E-state index in [2.05, 4.69) is 5.32 Å². The fraction of sp³-hybridized carbons (Fsp3) is 0.667. The Kier molecular flexibility index (Phi) is 4.36. The summed E-state index contributed by atoms with van der Waals surface area (Å²) in [6, 6.07) is 0. The second kappa shape index (κ2) is 4.65. The van der Waals surface area contributed by atoms with Gasteiger partial charge in [-0.05, 0) is 20.4 Å². The van der Waals surface area contributed by atoms with Crippen LogP contribution in [0.5, 0.6) is 0 Å². The van der Waals surface area contributed by atoms with E-state index in [1.807, 2.05) is 20.0 Å². The van der Waals surface area contributed by atoms with Gasteiger partial charge in [0.1, 0.15) is 0 Å². The van der Waals surface area contributed by atoms with Gasteiger partial charge < -0.3 is 11.1 Å². The quantitative estimate of drug-likeness (QED) is 0.559. The molecule has 0 aliphatic heterocycles. The second-order valence-corrected chi connectivity index (χ2v) is 1.72. The minimum absolute atomic E-state index is 0.951. The molecule has 0 radical (unpaired) electrons. The standard InChI is InChI=1S/C6H14N2/c1-3-6(7)4-5-8-2/h3,8H,4-5,7H2,1-2H3/b6-3-. The molecular formula is C6H14N2. The zero-order chi connectivity index (χ0) is 6.41. The molecule has 2 heteroatoms. The van der Waals surface area contributed by atoms with Crippen molar-refractivity contribution in [3.8, 4) is 0 Å². The first kappa shape index (κ1) is 7.50. The summed E-state index contributed by atoms with van der Waals surface area (Å²) in [7, 11) is 1.92. The average molecular weight is 114 g/mol. The molecule has 48 valence electrons. The maximum atomic E-state index is 5.48. The molecule has 0 aromatic rings. The van der Waals surface area contributed by atoms with Crippen molar-refractivity contribution in [2.24, 2.45) is 5.73 Å². The third-order valence-corrected chi connectivity index (χ3v) is 1.03. The van der Waals surface area contributed by atoms with Crippen molar-refractivity contribution in [1.29, 1.82) is 0 Å². The molecule has 0 saturated heterocycles. The first-order valence-corrected chi connectivity index (χ1v) is 2.86. The zero-order valence-electron chi connectivity index (χ0n) is 5.57. The summed E-state index contributed by atoms with van der Waals surface area (Å²) in [6.07, 6.45) is 2.88. The van der Waals surface area contributed by atoms with Crippen LogP contribution in [0.3, 0.4) is 0 Å². The molecule has 0 fully saturated rings. The van der Waals surface area contributed by atoms with Crippen LogP contribution in [-0.4, -0.2) is 13.6 Å². The van der Waals surface area contributed by atoms with E-state index in [0.29, 0.717) is 0 Å². The Morgan fingerprint density at radius 3 is 2.75 bits per heavy atom. The Morgan fingerprint density at radius 2 is 2.38 bits per heavy atom. The van der Waals surface area contributed by atoms with Gasteiger partial charge in [-0.1, -0.05) is 6.08 Å². The van der Waals surface area contributed by atoms with Gasteiger partial charge >= 0.3 is 0 Å². The Morgan fingerprint density at radius 1 is 1.75 bits per heavy atom. The molecule has 3 N–H and O–H groups in total. The molecule has 0 rings (SSSR count). The Bertz CT molecular complexity index is 76.6. The van der Waals surface area contributed by atoms with Gasteiger partial charge in [0.25, 0.3) is 0 Å². The van der Waals surface area contributed by atoms with Gasteiger partial charge in [0.15, 0.2) is 0 Å². The summed E-state index contributed by atoms with van der Waals surface area (Å²) >= 11 is 0. The van der Waals surface area contributed by atoms with Gasteiger partial charge in [-0.25, -0.2) is 0 Å². The summed E-state index contributed by atoms with van der Waals surface area (Å²) in [5, 5.41) is 3.01. The van der Waals surface area contributed by atoms with Gasteiger partial charge in [-0.3, -0.25) is 0 Å². The minimum atomic E-state index is 0.951. The van der Waals surface area contributed by atoms with Crippen molar-refractivity contribution < 1.29 is 0 Å². The fourth-order valence-electron chi connectivity index (χ4n) is 0.414. The Labute approximate surface area is 50.8 Å². The average Bonchev–Trinajstić information content (AvgIpc) is 1.83. The van der Waals surface area contributed by atoms with E-state index >= 15 is 0 Å². The summed E-state index contributed by atoms with van der Waals surface area (Å²) in [6.45, 7) is 2.92. The first-order chi connectivity index (χ1) is 3.81. The Balaban J connectivity index is 3.12. The van der Waals surface area contributed by atoms with E-state index in [1.165, 1.54) is 0 Å². The molecule has 0 aliphatic rings. The SMILES string of the molecule is C/C=C(\N)CCNC. The van der Waals surface area contributed by atoms with Crippen molar-refractivity contribution >= 4 is 0 Å². The highest BCUT2D eigenvalue weighted by molar-refractivity contribution is 4.93. The highest BCUT2D eigenvalue weighted by Gasteiger charge is 1.83. The number of nitrogens with two attached hydrogens (primary N) is 1. The molecule has 2 nitrogen and oxygen atoms in total. The van der Waals surface area contributed by atoms with Crippen molar-refractivity contribution in [2.75, 3.05) is 13.6 Å². The largest absolute Gasteiger partial charge is 0.402 e. The topological polar surface area (TPSA) is 38.0 Å². The van der Waals surface area contributed by atoms with Crippen LogP contribution in [0.15, 0.2) is 11.8 Å². The van der Waals surface area contributed by atoms with Crippen LogP contribution in [0, 0.1) is 0 Å². The summed E-state index contributed by atoms with van der Waals surface area (Å²) in [5.41, 5.74) is 6.44. The second-order valence-electron chi connectivity index (χ2n) is 1.72. The number of rotatable bonds is 3. The van der Waals surface area contributed by atoms with Crippen LogP contribution < -0.4 is 11.1 Å². The van der Waals surface area contributed by atoms with Crippen LogP contribution >= 0.6 is 0 Å². The number of nitrogens with one attached hydrogen (secondary N) is 1. The lowest BCUT2D eigenvalue weighted by molar-refractivity contribution is 0.779. The highest BCUT2D eigenvalue weighted by atomic mass is 14.8. The molecule has 0 heterocycles. The molecule has 0 bridgehead atoms. The number of hydrogen-bond donors (Lipinski definition) is 2. The van der Waals surface area contributed by atoms with E-state index < -0.39 is 0 Å². The monoisotopic (exact) mass is 114 g/mol. The Hall–Kier alpha value is -0.500. The van der Waals surface area contributed by atoms with Gasteiger partial charge in [-0.2, -0.15) is 0 Å². The van der Waals surface area contributed by atoms with Crippen LogP contribution in [0.25, 0.3) is 0 Å². The number of allylic oxidation sites excluding steroid dienone is 1. The van der Waals surface area contributed by atoms with Crippen molar-refractivity contribution in [2.45, 2.75) is 13.3 Å². The molecule has 0 aromatic carbocycles. The lowest BCUT2D eigenvalue weighted by atomic mass is 10.3. The molecule has 0 aromatic heterocycles. The van der Waals surface area contributed by atoms with Crippen LogP contribution in [-0.2, 0) is 0 Å². The third kappa shape index (κ3) is 3.68. The van der Waals surface area contributed by atoms with Crippen molar-refractivity contribution in [3.63, 3.8) is 0 Å². The zero-order valence-corrected chi connectivity index (χ0v) is 5.57. The van der Waals surface area contributed by atoms with Crippen LogP contribution in [0.2, 0.25) is 0 Å². The third-order valence-electron chi connectivity index (χ3n) is 1.03. The van der Waals surface area contributed by atoms with E-state index in [4.69, 9.17) is 5.73 Å². The summed E-state index contributed by atoms with van der Waals surface area (Å²) < 4.78 is 0. The highest BCUT2D eigenvalue weighted by Crippen LogP contribution is 1.87. The van der Waals surface area contributed by atoms with Crippen molar-refractivity contribution in [3.05, 3.63) is 11.8 Å². The maximum absolute atomic E-state index is 5.48. The molecular weight excluding hydrogens is 100 g/mol. The molecule has 0 amide bonds. The van der Waals surface area contributed by atoms with Gasteiger partial charge in [0.2, 0.25) is 0 Å². The van der Waals surface area contributed by atoms with Gasteiger partial charge in [0, 0.05) is 12.2 Å². The number of hydrogen-bond acceptors (Lipinski definition) is 2. The summed E-state index contributed by atoms with van der Waals surface area (Å²) in [4.78, 5) is 0. The maximum Gasteiger partial charge on any atom is 0.00499 e. The normalized spacial score (nSPS) is 12.0. The van der Waals surface area contributed by atoms with Gasteiger partial charge in [0.05, 0.1) is 0 Å². The van der Waals surface area contributed by atoms with E-state index in [9.17, 15) is 0 Å². The van der Waals surface area contributed by atoms with Crippen molar-refractivity contribution in [1.82, 2.24) is 5.32 Å². The minimum Gasteiger partial charge on any atom is -0.402 e. The van der Waals surface area contributed by atoms with E-state index in [1.54, 1.807) is 0 Å². The predicted molar refractivity (Wildman–Crippen MR) is 36.5 cm³/mol. The molecule has 8 heavy (non-hydrogen) atoms. The smallest absolute Gasteiger partial charge is 0.00499 e. The van der Waals surface area contributed by atoms with E-state index in [-0.39, 0.29) is 0 Å². The van der Waals surface area contributed by atoms with Crippen LogP contribution in [0.4, 0.5) is 0 Å². The van der Waals surface area contributed by atoms with E-state index in [0.717, 1.165) is 18.7 Å². The molecule has 0 saturated carbocycles. The molecule has 0 spiro atoms. The van der Waals surface area contributed by atoms with Gasteiger partial charge in [-0.15, -0.1) is 0 Å². The summed E-state index contributed by atoms with van der Waals surface area (Å²) in [5.74, 6) is 0.